The average molecular weight is 391 g/mol. The fourth-order valence-corrected chi connectivity index (χ4v) is 4.29. The fourth-order valence-electron chi connectivity index (χ4n) is 2.14. The minimum Gasteiger partial charge on any atom is -0.332 e. The van der Waals surface area contributed by atoms with E-state index in [1.165, 1.54) is 18.2 Å². The van der Waals surface area contributed by atoms with Crippen molar-refractivity contribution >= 4 is 39.1 Å². The van der Waals surface area contributed by atoms with Gasteiger partial charge in [-0.2, -0.15) is 17.5 Å². The van der Waals surface area contributed by atoms with E-state index >= 15 is 0 Å². The van der Waals surface area contributed by atoms with Crippen molar-refractivity contribution in [1.29, 1.82) is 0 Å². The number of rotatable bonds is 2. The van der Waals surface area contributed by atoms with Crippen LogP contribution in [0, 0.1) is 0 Å². The van der Waals surface area contributed by atoms with Gasteiger partial charge in [0, 0.05) is 36.2 Å². The number of carbonyl (C=O) groups excluding carboxylic acids is 1. The Morgan fingerprint density at radius 3 is 1.91 bits per heavy atom. The molecule has 0 atom stereocenters. The number of sulfonamides is 1. The third-order valence-corrected chi connectivity index (χ3v) is 5.56. The Morgan fingerprint density at radius 1 is 1.00 bits per heavy atom. The Hall–Kier alpha value is -1.03. The summed E-state index contributed by atoms with van der Waals surface area (Å²) >= 11 is 11.5. The molecule has 0 bridgehead atoms. The van der Waals surface area contributed by atoms with E-state index in [4.69, 9.17) is 23.2 Å². The van der Waals surface area contributed by atoms with Gasteiger partial charge < -0.3 is 4.90 Å². The van der Waals surface area contributed by atoms with Crippen LogP contribution in [0.25, 0.3) is 0 Å². The number of hydrogen-bond acceptors (Lipinski definition) is 3. The molecule has 11 heteroatoms. The van der Waals surface area contributed by atoms with Crippen molar-refractivity contribution in [3.63, 3.8) is 0 Å². The highest BCUT2D eigenvalue weighted by Gasteiger charge is 2.44. The maximum absolute atomic E-state index is 12.4. The first-order valence-electron chi connectivity index (χ1n) is 6.34. The molecule has 1 saturated heterocycles. The zero-order valence-electron chi connectivity index (χ0n) is 11.5. The van der Waals surface area contributed by atoms with E-state index < -0.39 is 22.1 Å². The Bertz CT molecular complexity index is 697. The van der Waals surface area contributed by atoms with Gasteiger partial charge in [-0.15, -0.1) is 0 Å². The molecule has 128 valence electrons. The molecular weight excluding hydrogens is 380 g/mol. The number of nitrogens with zero attached hydrogens (tertiary/aromatic N) is 2. The molecule has 1 amide bonds. The summed E-state index contributed by atoms with van der Waals surface area (Å²) in [6.07, 6.45) is -4.97. The Kier molecular flexibility index (Phi) is 5.15. The van der Waals surface area contributed by atoms with Crippen molar-refractivity contribution < 1.29 is 26.4 Å². The van der Waals surface area contributed by atoms with Gasteiger partial charge in [0.1, 0.15) is 0 Å². The predicted octanol–water partition coefficient (Wildman–Crippen LogP) is 2.39. The average Bonchev–Trinajstić information content (AvgIpc) is 2.44. The van der Waals surface area contributed by atoms with E-state index in [9.17, 15) is 26.4 Å². The van der Waals surface area contributed by atoms with Crippen LogP contribution in [-0.2, 0) is 14.8 Å². The summed E-state index contributed by atoms with van der Waals surface area (Å²) in [6, 6.07) is 3.77. The molecule has 0 aliphatic carbocycles. The van der Waals surface area contributed by atoms with Crippen LogP contribution in [0.5, 0.6) is 0 Å². The number of hydrogen-bond donors (Lipinski definition) is 0. The van der Waals surface area contributed by atoms with Gasteiger partial charge in [-0.05, 0) is 18.2 Å². The summed E-state index contributed by atoms with van der Waals surface area (Å²) in [5.41, 5.74) is 0. The molecule has 0 aromatic heterocycles. The lowest BCUT2D eigenvalue weighted by molar-refractivity contribution is -0.186. The monoisotopic (exact) mass is 390 g/mol. The van der Waals surface area contributed by atoms with Crippen molar-refractivity contribution in [3.8, 4) is 0 Å². The number of piperazine rings is 1. The standard InChI is InChI=1S/C12H11Cl2F3N2O3S/c13-8-5-9(14)7-10(6-8)23(21,22)19-3-1-18(2-4-19)11(20)12(15,16)17/h5-7H,1-4H2. The number of amides is 1. The summed E-state index contributed by atoms with van der Waals surface area (Å²) in [6.45, 7) is -1.17. The lowest BCUT2D eigenvalue weighted by atomic mass is 10.3. The summed E-state index contributed by atoms with van der Waals surface area (Å²) in [4.78, 5) is 11.6. The molecule has 1 aromatic rings. The maximum atomic E-state index is 12.4. The topological polar surface area (TPSA) is 57.7 Å². The van der Waals surface area contributed by atoms with Gasteiger partial charge in [0.05, 0.1) is 4.90 Å². The van der Waals surface area contributed by atoms with Gasteiger partial charge in [-0.25, -0.2) is 8.42 Å². The molecule has 0 saturated carbocycles. The minimum absolute atomic E-state index is 0.127. The van der Waals surface area contributed by atoms with E-state index in [1.807, 2.05) is 0 Å². The minimum atomic E-state index is -4.97. The third-order valence-electron chi connectivity index (χ3n) is 3.24. The molecular formula is C12H11Cl2F3N2O3S. The van der Waals surface area contributed by atoms with E-state index in [0.717, 1.165) is 4.31 Å². The van der Waals surface area contributed by atoms with Gasteiger partial charge in [-0.3, -0.25) is 4.79 Å². The van der Waals surface area contributed by atoms with E-state index in [2.05, 4.69) is 0 Å². The fraction of sp³-hybridized carbons (Fsp3) is 0.417. The lowest BCUT2D eigenvalue weighted by Crippen LogP contribution is -2.53. The van der Waals surface area contributed by atoms with Crippen LogP contribution in [0.1, 0.15) is 0 Å². The number of benzene rings is 1. The van der Waals surface area contributed by atoms with Crippen LogP contribution in [0.2, 0.25) is 10.0 Å². The highest BCUT2D eigenvalue weighted by molar-refractivity contribution is 7.89. The molecule has 0 unspecified atom stereocenters. The number of carbonyl (C=O) groups is 1. The van der Waals surface area contributed by atoms with Crippen molar-refractivity contribution in [2.45, 2.75) is 11.1 Å². The van der Waals surface area contributed by atoms with Crippen LogP contribution in [-0.4, -0.2) is 55.9 Å². The second-order valence-electron chi connectivity index (χ2n) is 4.80. The zero-order chi connectivity index (χ0) is 17.4. The van der Waals surface area contributed by atoms with Gasteiger partial charge in [0.2, 0.25) is 10.0 Å². The van der Waals surface area contributed by atoms with Crippen LogP contribution in [0.15, 0.2) is 23.1 Å². The molecule has 0 radical (unpaired) electrons. The highest BCUT2D eigenvalue weighted by Crippen LogP contribution is 2.26. The van der Waals surface area contributed by atoms with Gasteiger partial charge >= 0.3 is 12.1 Å². The maximum Gasteiger partial charge on any atom is 0.471 e. The third kappa shape index (κ3) is 4.09. The summed E-state index contributed by atoms with van der Waals surface area (Å²) in [5, 5.41) is 0.254. The van der Waals surface area contributed by atoms with Crippen molar-refractivity contribution in [2.75, 3.05) is 26.2 Å². The molecule has 1 aliphatic rings. The molecule has 1 aromatic carbocycles. The molecule has 1 heterocycles. The summed E-state index contributed by atoms with van der Waals surface area (Å²) in [5.74, 6) is -1.97. The number of halogens is 5. The largest absolute Gasteiger partial charge is 0.471 e. The van der Waals surface area contributed by atoms with Crippen LogP contribution >= 0.6 is 23.2 Å². The predicted molar refractivity (Wildman–Crippen MR) is 77.9 cm³/mol. The molecule has 0 spiro atoms. The Morgan fingerprint density at radius 2 is 1.48 bits per heavy atom. The summed E-state index contributed by atoms with van der Waals surface area (Å²) in [7, 11) is -3.95. The first-order valence-corrected chi connectivity index (χ1v) is 8.54. The molecule has 5 nitrogen and oxygen atoms in total. The molecule has 0 N–H and O–H groups in total. The zero-order valence-corrected chi connectivity index (χ0v) is 13.8. The smallest absolute Gasteiger partial charge is 0.332 e. The van der Waals surface area contributed by atoms with E-state index in [1.54, 1.807) is 0 Å². The molecule has 2 rings (SSSR count). The lowest BCUT2D eigenvalue weighted by Gasteiger charge is -2.34. The highest BCUT2D eigenvalue weighted by atomic mass is 35.5. The molecule has 23 heavy (non-hydrogen) atoms. The second kappa shape index (κ2) is 6.46. The van der Waals surface area contributed by atoms with Crippen molar-refractivity contribution in [3.05, 3.63) is 28.2 Å². The number of alkyl halides is 3. The van der Waals surface area contributed by atoms with Gasteiger partial charge in [0.15, 0.2) is 0 Å². The van der Waals surface area contributed by atoms with Crippen LogP contribution in [0.4, 0.5) is 13.2 Å². The van der Waals surface area contributed by atoms with Crippen molar-refractivity contribution in [2.24, 2.45) is 0 Å². The first kappa shape index (κ1) is 18.3. The van der Waals surface area contributed by atoms with E-state index in [0.29, 0.717) is 4.90 Å². The quantitative estimate of drug-likeness (QED) is 0.778. The van der Waals surface area contributed by atoms with Crippen LogP contribution < -0.4 is 0 Å². The van der Waals surface area contributed by atoms with Gasteiger partial charge in [0.25, 0.3) is 0 Å². The Labute approximate surface area is 140 Å². The SMILES string of the molecule is O=C(N1CCN(S(=O)(=O)c2cc(Cl)cc(Cl)c2)CC1)C(F)(F)F. The molecule has 1 fully saturated rings. The van der Waals surface area contributed by atoms with Gasteiger partial charge in [-0.1, -0.05) is 23.2 Å². The summed E-state index contributed by atoms with van der Waals surface area (Å²) < 4.78 is 63.0. The van der Waals surface area contributed by atoms with Crippen LogP contribution in [0.3, 0.4) is 0 Å². The van der Waals surface area contributed by atoms with Crippen molar-refractivity contribution in [1.82, 2.24) is 9.21 Å². The second-order valence-corrected chi connectivity index (χ2v) is 7.61. The first-order chi connectivity index (χ1) is 10.5. The van der Waals surface area contributed by atoms with E-state index in [-0.39, 0.29) is 41.1 Å². The normalized spacial score (nSPS) is 17.3. The molecule has 1 aliphatic heterocycles. The Balaban J connectivity index is 2.14.